The third kappa shape index (κ3) is 2.25. The van der Waals surface area contributed by atoms with Crippen LogP contribution >= 0.6 is 0 Å². The number of hydrogen-bond acceptors (Lipinski definition) is 4. The molecule has 8 heteroatoms. The molecule has 2 saturated heterocycles. The van der Waals surface area contributed by atoms with Gasteiger partial charge in [0.1, 0.15) is 0 Å². The van der Waals surface area contributed by atoms with Gasteiger partial charge in [-0.25, -0.2) is 0 Å². The average molecular weight is 277 g/mol. The second kappa shape index (κ2) is 4.76. The van der Waals surface area contributed by atoms with Crippen molar-refractivity contribution < 1.29 is 17.9 Å². The van der Waals surface area contributed by atoms with Crippen molar-refractivity contribution >= 4 is 16.1 Å². The second-order valence-corrected chi connectivity index (χ2v) is 7.00. The summed E-state index contributed by atoms with van der Waals surface area (Å²) < 4.78 is 32.3. The molecule has 1 amide bonds. The van der Waals surface area contributed by atoms with Gasteiger partial charge in [-0.3, -0.25) is 4.79 Å². The van der Waals surface area contributed by atoms with E-state index >= 15 is 0 Å². The molecule has 1 N–H and O–H groups in total. The summed E-state index contributed by atoms with van der Waals surface area (Å²) in [6.45, 7) is 0.569. The molecule has 0 aromatic rings. The summed E-state index contributed by atoms with van der Waals surface area (Å²) >= 11 is 0. The van der Waals surface area contributed by atoms with Gasteiger partial charge in [0.15, 0.2) is 0 Å². The van der Waals surface area contributed by atoms with Crippen molar-refractivity contribution in [1.29, 1.82) is 0 Å². The third-order valence-corrected chi connectivity index (χ3v) is 5.37. The van der Waals surface area contributed by atoms with E-state index in [9.17, 15) is 13.2 Å². The molecule has 7 nitrogen and oxygen atoms in total. The van der Waals surface area contributed by atoms with Crippen molar-refractivity contribution in [3.63, 3.8) is 0 Å². The maximum Gasteiger partial charge on any atom is 0.281 e. The first kappa shape index (κ1) is 13.7. The zero-order chi connectivity index (χ0) is 13.5. The Labute approximate surface area is 107 Å². The zero-order valence-corrected chi connectivity index (χ0v) is 11.6. The van der Waals surface area contributed by atoms with E-state index in [0.717, 1.165) is 0 Å². The van der Waals surface area contributed by atoms with Crippen molar-refractivity contribution in [2.45, 2.75) is 18.6 Å². The first-order valence-corrected chi connectivity index (χ1v) is 7.30. The van der Waals surface area contributed by atoms with E-state index < -0.39 is 10.2 Å². The molecule has 2 bridgehead atoms. The second-order valence-electron chi connectivity index (χ2n) is 4.86. The van der Waals surface area contributed by atoms with E-state index in [-0.39, 0.29) is 30.6 Å². The van der Waals surface area contributed by atoms with Gasteiger partial charge in [0, 0.05) is 34.2 Å². The fourth-order valence-corrected chi connectivity index (χ4v) is 3.66. The Bertz CT molecular complexity index is 436. The van der Waals surface area contributed by atoms with Crippen LogP contribution in [-0.2, 0) is 19.7 Å². The highest BCUT2D eigenvalue weighted by molar-refractivity contribution is 7.86. The fourth-order valence-electron chi connectivity index (χ4n) is 2.50. The van der Waals surface area contributed by atoms with Crippen LogP contribution in [0.25, 0.3) is 0 Å². The minimum Gasteiger partial charge on any atom is -0.371 e. The predicted octanol–water partition coefficient (Wildman–Crippen LogP) is -1.37. The molecule has 2 heterocycles. The van der Waals surface area contributed by atoms with Crippen LogP contribution < -0.4 is 5.32 Å². The summed E-state index contributed by atoms with van der Waals surface area (Å²) in [5, 5.41) is 2.60. The van der Waals surface area contributed by atoms with E-state index in [4.69, 9.17) is 4.74 Å². The molecule has 0 aliphatic carbocycles. The monoisotopic (exact) mass is 277 g/mol. The lowest BCUT2D eigenvalue weighted by atomic mass is 10.00. The van der Waals surface area contributed by atoms with Gasteiger partial charge in [-0.2, -0.15) is 17.0 Å². The molecule has 2 rings (SSSR count). The Kier molecular flexibility index (Phi) is 3.63. The summed E-state index contributed by atoms with van der Waals surface area (Å²) in [6.07, 6.45) is 0.0725. The van der Waals surface area contributed by atoms with Crippen molar-refractivity contribution in [3.8, 4) is 0 Å². The Morgan fingerprint density at radius 1 is 1.39 bits per heavy atom. The molecule has 2 fully saturated rings. The van der Waals surface area contributed by atoms with Gasteiger partial charge in [0.05, 0.1) is 18.1 Å². The topological polar surface area (TPSA) is 79.0 Å². The molecule has 0 saturated carbocycles. The van der Waals surface area contributed by atoms with E-state index in [0.29, 0.717) is 13.0 Å². The van der Waals surface area contributed by atoms with E-state index in [2.05, 4.69) is 5.32 Å². The summed E-state index contributed by atoms with van der Waals surface area (Å²) in [7, 11) is 1.16. The molecule has 0 aromatic heterocycles. The normalized spacial score (nSPS) is 32.8. The van der Waals surface area contributed by atoms with Crippen LogP contribution in [0.2, 0.25) is 0 Å². The standard InChI is InChI=1S/C10H19N3O4S/c1-11-10(14)8-4-7-5-13(6-9(8)17-7)18(15,16)12(2)3/h7-9H,4-6H2,1-3H3,(H,11,14). The van der Waals surface area contributed by atoms with Gasteiger partial charge in [0.2, 0.25) is 5.91 Å². The molecule has 18 heavy (non-hydrogen) atoms. The van der Waals surface area contributed by atoms with Crippen LogP contribution in [0, 0.1) is 5.92 Å². The highest BCUT2D eigenvalue weighted by Gasteiger charge is 2.47. The molecular formula is C10H19N3O4S. The first-order valence-electron chi connectivity index (χ1n) is 5.91. The van der Waals surface area contributed by atoms with Crippen LogP contribution in [0.3, 0.4) is 0 Å². The van der Waals surface area contributed by atoms with Crippen LogP contribution in [0.1, 0.15) is 6.42 Å². The number of ether oxygens (including phenoxy) is 1. The SMILES string of the molecule is CNC(=O)C1CC2CN(S(=O)(=O)N(C)C)CC1O2. The third-order valence-electron chi connectivity index (χ3n) is 3.49. The molecule has 2 aliphatic rings. The number of fused-ring (bicyclic) bond motifs is 2. The van der Waals surface area contributed by atoms with Crippen molar-refractivity contribution in [3.05, 3.63) is 0 Å². The van der Waals surface area contributed by atoms with Crippen LogP contribution in [-0.4, -0.2) is 69.4 Å². The van der Waals surface area contributed by atoms with Gasteiger partial charge in [0.25, 0.3) is 10.2 Å². The molecule has 0 aromatic carbocycles. The summed E-state index contributed by atoms with van der Waals surface area (Å²) in [5.74, 6) is -0.325. The summed E-state index contributed by atoms with van der Waals surface area (Å²) in [6, 6.07) is 0. The molecular weight excluding hydrogens is 258 g/mol. The van der Waals surface area contributed by atoms with E-state index in [1.807, 2.05) is 0 Å². The highest BCUT2D eigenvalue weighted by Crippen LogP contribution is 2.33. The minimum atomic E-state index is -3.43. The number of nitrogens with one attached hydrogen (secondary N) is 1. The number of carbonyl (C=O) groups is 1. The number of nitrogens with zero attached hydrogens (tertiary/aromatic N) is 2. The van der Waals surface area contributed by atoms with Crippen LogP contribution in [0.4, 0.5) is 0 Å². The lowest BCUT2D eigenvalue weighted by Crippen LogP contribution is -2.50. The summed E-state index contributed by atoms with van der Waals surface area (Å²) in [4.78, 5) is 11.7. The molecule has 104 valence electrons. The van der Waals surface area contributed by atoms with Gasteiger partial charge < -0.3 is 10.1 Å². The van der Waals surface area contributed by atoms with Crippen molar-refractivity contribution in [1.82, 2.24) is 13.9 Å². The maximum atomic E-state index is 12.0. The number of amides is 1. The van der Waals surface area contributed by atoms with Crippen molar-refractivity contribution in [2.75, 3.05) is 34.2 Å². The Morgan fingerprint density at radius 3 is 2.61 bits per heavy atom. The van der Waals surface area contributed by atoms with Crippen LogP contribution in [0.15, 0.2) is 0 Å². The zero-order valence-electron chi connectivity index (χ0n) is 10.8. The number of rotatable bonds is 3. The smallest absolute Gasteiger partial charge is 0.281 e. The lowest BCUT2D eigenvalue weighted by Gasteiger charge is -2.33. The molecule has 2 aliphatic heterocycles. The van der Waals surface area contributed by atoms with E-state index in [1.165, 1.54) is 22.7 Å². The Hall–Kier alpha value is -0.700. The average Bonchev–Trinajstić information content (AvgIpc) is 2.62. The number of hydrogen-bond donors (Lipinski definition) is 1. The molecule has 3 atom stereocenters. The quantitative estimate of drug-likeness (QED) is 0.690. The number of morpholine rings is 1. The van der Waals surface area contributed by atoms with Crippen LogP contribution in [0.5, 0.6) is 0 Å². The first-order chi connectivity index (χ1) is 8.36. The fraction of sp³-hybridized carbons (Fsp3) is 0.900. The number of carbonyl (C=O) groups excluding carboxylic acids is 1. The van der Waals surface area contributed by atoms with Gasteiger partial charge >= 0.3 is 0 Å². The molecule has 3 unspecified atom stereocenters. The minimum absolute atomic E-state index is 0.0772. The Balaban J connectivity index is 2.14. The lowest BCUT2D eigenvalue weighted by molar-refractivity contribution is -0.126. The highest BCUT2D eigenvalue weighted by atomic mass is 32.2. The van der Waals surface area contributed by atoms with E-state index in [1.54, 1.807) is 7.05 Å². The van der Waals surface area contributed by atoms with Gasteiger partial charge in [-0.1, -0.05) is 0 Å². The van der Waals surface area contributed by atoms with Crippen molar-refractivity contribution in [2.24, 2.45) is 5.92 Å². The summed E-state index contributed by atoms with van der Waals surface area (Å²) in [5.41, 5.74) is 0. The maximum absolute atomic E-state index is 12.0. The van der Waals surface area contributed by atoms with Gasteiger partial charge in [-0.15, -0.1) is 0 Å². The largest absolute Gasteiger partial charge is 0.371 e. The predicted molar refractivity (Wildman–Crippen MR) is 65.0 cm³/mol. The Morgan fingerprint density at radius 2 is 2.06 bits per heavy atom. The molecule has 0 radical (unpaired) electrons. The molecule has 0 spiro atoms. The van der Waals surface area contributed by atoms with Gasteiger partial charge in [-0.05, 0) is 6.42 Å².